The summed E-state index contributed by atoms with van der Waals surface area (Å²) < 4.78 is 6.24. The summed E-state index contributed by atoms with van der Waals surface area (Å²) in [5.41, 5.74) is 2.56. The van der Waals surface area contributed by atoms with E-state index < -0.39 is 0 Å². The van der Waals surface area contributed by atoms with Crippen LogP contribution in [0.3, 0.4) is 0 Å². The third-order valence-corrected chi connectivity index (χ3v) is 4.21. The minimum absolute atomic E-state index is 0.131. The van der Waals surface area contributed by atoms with E-state index in [-0.39, 0.29) is 12.1 Å². The Morgan fingerprint density at radius 2 is 1.48 bits per heavy atom. The highest BCUT2D eigenvalue weighted by atomic mass is 16.5. The number of rotatable bonds is 3. The Labute approximate surface area is 127 Å². The fraction of sp³-hybridized carbons (Fsp3) is 0.368. The van der Waals surface area contributed by atoms with Crippen LogP contribution in [-0.2, 0) is 4.74 Å². The normalized spacial score (nSPS) is 26.0. The summed E-state index contributed by atoms with van der Waals surface area (Å²) in [5.74, 6) is 0.515. The van der Waals surface area contributed by atoms with Gasteiger partial charge in [-0.05, 0) is 17.0 Å². The molecular weight excluding hydrogens is 258 g/mol. The Kier molecular flexibility index (Phi) is 4.37. The van der Waals surface area contributed by atoms with Gasteiger partial charge >= 0.3 is 0 Å². The van der Waals surface area contributed by atoms with Crippen molar-refractivity contribution in [3.63, 3.8) is 0 Å². The fourth-order valence-corrected chi connectivity index (χ4v) is 3.04. The van der Waals surface area contributed by atoms with E-state index in [1.165, 1.54) is 11.1 Å². The average molecular weight is 281 g/mol. The molecule has 1 saturated heterocycles. The molecule has 110 valence electrons. The minimum Gasteiger partial charge on any atom is -0.370 e. The van der Waals surface area contributed by atoms with E-state index in [9.17, 15) is 0 Å². The van der Waals surface area contributed by atoms with Crippen molar-refractivity contribution in [1.82, 2.24) is 5.32 Å². The molecule has 0 aromatic heterocycles. The monoisotopic (exact) mass is 281 g/mol. The van der Waals surface area contributed by atoms with Gasteiger partial charge in [0.2, 0.25) is 0 Å². The number of benzene rings is 2. The van der Waals surface area contributed by atoms with E-state index in [0.717, 1.165) is 0 Å². The lowest BCUT2D eigenvalue weighted by molar-refractivity contribution is -0.0425. The zero-order valence-electron chi connectivity index (χ0n) is 12.7. The quantitative estimate of drug-likeness (QED) is 0.914. The second kappa shape index (κ2) is 6.42. The molecule has 2 nitrogen and oxygen atoms in total. The van der Waals surface area contributed by atoms with Crippen molar-refractivity contribution in [2.45, 2.75) is 32.0 Å². The maximum atomic E-state index is 6.24. The molecule has 2 heteroatoms. The van der Waals surface area contributed by atoms with Gasteiger partial charge in [0.25, 0.3) is 0 Å². The highest BCUT2D eigenvalue weighted by Crippen LogP contribution is 2.33. The molecule has 0 spiro atoms. The third kappa shape index (κ3) is 3.17. The van der Waals surface area contributed by atoms with Crippen molar-refractivity contribution in [3.8, 4) is 0 Å². The Balaban J connectivity index is 1.81. The molecule has 3 atom stereocenters. The first-order valence-corrected chi connectivity index (χ1v) is 7.73. The fourth-order valence-electron chi connectivity index (χ4n) is 3.04. The molecule has 3 rings (SSSR count). The standard InChI is InChI=1S/C19H23NO/c1-14(2)18-19(16-11-7-4-8-12-16)21-13-17(20-18)15-9-5-3-6-10-15/h3-12,14,17-20H,13H2,1-2H3. The van der Waals surface area contributed by atoms with E-state index in [2.05, 4.69) is 79.8 Å². The summed E-state index contributed by atoms with van der Waals surface area (Å²) in [6, 6.07) is 21.7. The molecule has 21 heavy (non-hydrogen) atoms. The summed E-state index contributed by atoms with van der Waals surface area (Å²) in [7, 11) is 0. The van der Waals surface area contributed by atoms with Gasteiger partial charge in [0.05, 0.1) is 18.8 Å². The first-order valence-electron chi connectivity index (χ1n) is 7.73. The lowest BCUT2D eigenvalue weighted by Gasteiger charge is -2.40. The van der Waals surface area contributed by atoms with Crippen molar-refractivity contribution >= 4 is 0 Å². The van der Waals surface area contributed by atoms with Crippen LogP contribution in [-0.4, -0.2) is 12.6 Å². The number of hydrogen-bond acceptors (Lipinski definition) is 2. The van der Waals surface area contributed by atoms with Crippen molar-refractivity contribution in [2.75, 3.05) is 6.61 Å². The summed E-state index contributed by atoms with van der Waals surface area (Å²) in [5, 5.41) is 3.79. The van der Waals surface area contributed by atoms with E-state index in [4.69, 9.17) is 4.74 Å². The summed E-state index contributed by atoms with van der Waals surface area (Å²) in [6.45, 7) is 5.22. The SMILES string of the molecule is CC(C)C1NC(c2ccccc2)COC1c1ccccc1. The largest absolute Gasteiger partial charge is 0.370 e. The van der Waals surface area contributed by atoms with Gasteiger partial charge in [0.15, 0.2) is 0 Å². The third-order valence-electron chi connectivity index (χ3n) is 4.21. The number of morpholine rings is 1. The van der Waals surface area contributed by atoms with Crippen molar-refractivity contribution in [1.29, 1.82) is 0 Å². The number of hydrogen-bond donors (Lipinski definition) is 1. The number of ether oxygens (including phenoxy) is 1. The molecule has 1 aliphatic heterocycles. The molecule has 1 heterocycles. The van der Waals surface area contributed by atoms with Crippen LogP contribution in [0.15, 0.2) is 60.7 Å². The van der Waals surface area contributed by atoms with Crippen LogP contribution in [0.1, 0.15) is 37.1 Å². The van der Waals surface area contributed by atoms with Crippen LogP contribution in [0.25, 0.3) is 0 Å². The molecule has 1 N–H and O–H groups in total. The predicted octanol–water partition coefficient (Wildman–Crippen LogP) is 4.11. The maximum absolute atomic E-state index is 6.24. The van der Waals surface area contributed by atoms with Gasteiger partial charge in [-0.3, -0.25) is 0 Å². The van der Waals surface area contributed by atoms with Crippen molar-refractivity contribution in [3.05, 3.63) is 71.8 Å². The first kappa shape index (κ1) is 14.3. The zero-order chi connectivity index (χ0) is 14.7. The first-order chi connectivity index (χ1) is 10.3. The topological polar surface area (TPSA) is 21.3 Å². The second-order valence-corrected chi connectivity index (χ2v) is 6.06. The maximum Gasteiger partial charge on any atom is 0.0981 e. The summed E-state index contributed by atoms with van der Waals surface area (Å²) in [6.07, 6.45) is 0.131. The minimum atomic E-state index is 0.131. The van der Waals surface area contributed by atoms with Crippen molar-refractivity contribution < 1.29 is 4.74 Å². The lowest BCUT2D eigenvalue weighted by Crippen LogP contribution is -2.48. The van der Waals surface area contributed by atoms with E-state index >= 15 is 0 Å². The Morgan fingerprint density at radius 3 is 2.05 bits per heavy atom. The van der Waals surface area contributed by atoms with Crippen LogP contribution in [0.2, 0.25) is 0 Å². The van der Waals surface area contributed by atoms with Crippen molar-refractivity contribution in [2.24, 2.45) is 5.92 Å². The Hall–Kier alpha value is -1.64. The summed E-state index contributed by atoms with van der Waals surface area (Å²) >= 11 is 0. The van der Waals surface area contributed by atoms with Crippen LogP contribution < -0.4 is 5.32 Å². The average Bonchev–Trinajstić information content (AvgIpc) is 2.56. The highest BCUT2D eigenvalue weighted by molar-refractivity contribution is 5.23. The molecule has 0 bridgehead atoms. The van der Waals surface area contributed by atoms with Gasteiger partial charge in [-0.1, -0.05) is 74.5 Å². The zero-order valence-corrected chi connectivity index (χ0v) is 12.7. The molecule has 1 fully saturated rings. The van der Waals surface area contributed by atoms with E-state index in [1.807, 2.05) is 0 Å². The molecule has 1 aliphatic rings. The second-order valence-electron chi connectivity index (χ2n) is 6.06. The van der Waals surface area contributed by atoms with Gasteiger partial charge in [0, 0.05) is 6.04 Å². The summed E-state index contributed by atoms with van der Waals surface area (Å²) in [4.78, 5) is 0. The molecule has 0 saturated carbocycles. The lowest BCUT2D eigenvalue weighted by atomic mass is 9.90. The predicted molar refractivity (Wildman–Crippen MR) is 86.1 cm³/mol. The van der Waals surface area contributed by atoms with Gasteiger partial charge < -0.3 is 10.1 Å². The number of nitrogens with one attached hydrogen (secondary N) is 1. The Morgan fingerprint density at radius 1 is 0.905 bits per heavy atom. The van der Waals surface area contributed by atoms with E-state index in [0.29, 0.717) is 18.6 Å². The van der Waals surface area contributed by atoms with Gasteiger partial charge in [-0.15, -0.1) is 0 Å². The van der Waals surface area contributed by atoms with Gasteiger partial charge in [-0.2, -0.15) is 0 Å². The van der Waals surface area contributed by atoms with Crippen LogP contribution in [0, 0.1) is 5.92 Å². The molecule has 2 aromatic rings. The highest BCUT2D eigenvalue weighted by Gasteiger charge is 2.34. The molecule has 2 aromatic carbocycles. The van der Waals surface area contributed by atoms with Crippen LogP contribution in [0.5, 0.6) is 0 Å². The Bertz CT molecular complexity index is 552. The van der Waals surface area contributed by atoms with Gasteiger partial charge in [-0.25, -0.2) is 0 Å². The van der Waals surface area contributed by atoms with Crippen LogP contribution >= 0.6 is 0 Å². The molecule has 3 unspecified atom stereocenters. The van der Waals surface area contributed by atoms with Crippen LogP contribution in [0.4, 0.5) is 0 Å². The molecule has 0 aliphatic carbocycles. The smallest absolute Gasteiger partial charge is 0.0981 e. The molecule has 0 radical (unpaired) electrons. The van der Waals surface area contributed by atoms with Gasteiger partial charge in [0.1, 0.15) is 0 Å². The molecule has 0 amide bonds. The van der Waals surface area contributed by atoms with E-state index in [1.54, 1.807) is 0 Å². The molecular formula is C19H23NO.